The van der Waals surface area contributed by atoms with Crippen molar-refractivity contribution in [2.24, 2.45) is 4.99 Å². The minimum absolute atomic E-state index is 0.0757. The summed E-state index contributed by atoms with van der Waals surface area (Å²) in [4.78, 5) is 21.2. The van der Waals surface area contributed by atoms with E-state index in [2.05, 4.69) is 28.1 Å². The normalized spacial score (nSPS) is 19.0. The summed E-state index contributed by atoms with van der Waals surface area (Å²) in [6.07, 6.45) is 0.497. The summed E-state index contributed by atoms with van der Waals surface area (Å²) in [7, 11) is 4.06. The van der Waals surface area contributed by atoms with Crippen molar-refractivity contribution in [1.29, 1.82) is 0 Å². The Labute approximate surface area is 164 Å². The number of amidine groups is 1. The van der Waals surface area contributed by atoms with Gasteiger partial charge in [0.2, 0.25) is 5.91 Å². The number of thioether (sulfide) groups is 1. The number of para-hydroxylation sites is 1. The van der Waals surface area contributed by atoms with E-state index in [0.717, 1.165) is 23.0 Å². The van der Waals surface area contributed by atoms with Gasteiger partial charge in [-0.1, -0.05) is 42.5 Å². The monoisotopic (exact) mass is 380 g/mol. The van der Waals surface area contributed by atoms with Crippen LogP contribution < -0.4 is 0 Å². The number of aliphatic imine (C=N–C) groups is 1. The molecule has 0 unspecified atom stereocenters. The van der Waals surface area contributed by atoms with Crippen LogP contribution in [0.4, 0.5) is 5.69 Å². The van der Waals surface area contributed by atoms with Gasteiger partial charge in [0.25, 0.3) is 0 Å². The Morgan fingerprint density at radius 2 is 1.81 bits per heavy atom. The van der Waals surface area contributed by atoms with Crippen molar-refractivity contribution in [2.45, 2.75) is 23.1 Å². The van der Waals surface area contributed by atoms with Crippen LogP contribution in [0.1, 0.15) is 12.0 Å². The molecule has 2 aliphatic heterocycles. The first-order chi connectivity index (χ1) is 13.1. The van der Waals surface area contributed by atoms with E-state index in [-0.39, 0.29) is 11.2 Å². The number of benzene rings is 2. The summed E-state index contributed by atoms with van der Waals surface area (Å²) >= 11 is 1.76. The molecular weight excluding hydrogens is 356 g/mol. The number of hydrazine groups is 1. The van der Waals surface area contributed by atoms with E-state index in [1.54, 1.807) is 11.8 Å². The molecule has 140 valence electrons. The van der Waals surface area contributed by atoms with Crippen LogP contribution in [0.25, 0.3) is 0 Å². The van der Waals surface area contributed by atoms with Gasteiger partial charge >= 0.3 is 0 Å². The predicted octanol–water partition coefficient (Wildman–Crippen LogP) is 3.40. The Morgan fingerprint density at radius 3 is 2.59 bits per heavy atom. The van der Waals surface area contributed by atoms with E-state index in [1.165, 1.54) is 5.56 Å². The van der Waals surface area contributed by atoms with Gasteiger partial charge < -0.3 is 4.90 Å². The molecule has 2 heterocycles. The third kappa shape index (κ3) is 3.87. The van der Waals surface area contributed by atoms with Crippen LogP contribution in [0.2, 0.25) is 0 Å². The summed E-state index contributed by atoms with van der Waals surface area (Å²) in [6, 6.07) is 18.5. The fourth-order valence-electron chi connectivity index (χ4n) is 3.39. The SMILES string of the molecule is CN(C)CCN1C(=O)C[C@@H]2Sc3ccccc3N=C2N1Cc1ccccc1. The standard InChI is InChI=1S/C21H24N4OS/c1-23(2)12-13-24-20(26)14-19-21(22-17-10-6-7-11-18(17)27-19)25(24)15-16-8-4-3-5-9-16/h3-11,19H,12-15H2,1-2H3/t19-/m0/s1. The first-order valence-electron chi connectivity index (χ1n) is 9.22. The maximum Gasteiger partial charge on any atom is 0.242 e. The maximum atomic E-state index is 13.0. The molecule has 1 atom stereocenters. The van der Waals surface area contributed by atoms with Gasteiger partial charge in [-0.15, -0.1) is 11.8 Å². The van der Waals surface area contributed by atoms with E-state index in [0.29, 0.717) is 19.5 Å². The molecule has 0 aliphatic carbocycles. The van der Waals surface area contributed by atoms with Gasteiger partial charge in [0.15, 0.2) is 0 Å². The first kappa shape index (κ1) is 18.1. The Morgan fingerprint density at radius 1 is 1.07 bits per heavy atom. The Bertz CT molecular complexity index is 852. The number of carbonyl (C=O) groups excluding carboxylic acids is 1. The highest BCUT2D eigenvalue weighted by atomic mass is 32.2. The molecule has 0 bridgehead atoms. The highest BCUT2D eigenvalue weighted by Gasteiger charge is 2.39. The van der Waals surface area contributed by atoms with E-state index < -0.39 is 0 Å². The van der Waals surface area contributed by atoms with Crippen LogP contribution >= 0.6 is 11.8 Å². The molecule has 5 nitrogen and oxygen atoms in total. The van der Waals surface area contributed by atoms with Crippen molar-refractivity contribution in [3.63, 3.8) is 0 Å². The molecule has 0 N–H and O–H groups in total. The lowest BCUT2D eigenvalue weighted by molar-refractivity contribution is -0.145. The molecule has 2 aromatic rings. The highest BCUT2D eigenvalue weighted by molar-refractivity contribution is 8.01. The summed E-state index contributed by atoms with van der Waals surface area (Å²) in [6.45, 7) is 2.13. The maximum absolute atomic E-state index is 13.0. The minimum Gasteiger partial charge on any atom is -0.308 e. The lowest BCUT2D eigenvalue weighted by Crippen LogP contribution is -2.59. The molecule has 1 saturated heterocycles. The second kappa shape index (κ2) is 7.74. The number of nitrogens with zero attached hydrogens (tertiary/aromatic N) is 4. The quantitative estimate of drug-likeness (QED) is 0.797. The van der Waals surface area contributed by atoms with Crippen molar-refractivity contribution in [1.82, 2.24) is 14.9 Å². The molecule has 1 amide bonds. The molecule has 2 aromatic carbocycles. The molecule has 6 heteroatoms. The lowest BCUT2D eigenvalue weighted by atomic mass is 10.1. The minimum atomic E-state index is 0.0757. The summed E-state index contributed by atoms with van der Waals surface area (Å²) in [5, 5.41) is 4.06. The third-order valence-electron chi connectivity index (χ3n) is 4.80. The number of amides is 1. The van der Waals surface area contributed by atoms with E-state index in [4.69, 9.17) is 4.99 Å². The van der Waals surface area contributed by atoms with Crippen LogP contribution in [-0.2, 0) is 11.3 Å². The van der Waals surface area contributed by atoms with Crippen LogP contribution in [0.5, 0.6) is 0 Å². The largest absolute Gasteiger partial charge is 0.308 e. The lowest BCUT2D eigenvalue weighted by Gasteiger charge is -2.45. The Balaban J connectivity index is 1.70. The zero-order valence-corrected chi connectivity index (χ0v) is 16.5. The first-order valence-corrected chi connectivity index (χ1v) is 10.1. The number of likely N-dealkylation sites (N-methyl/N-ethyl adjacent to an activating group) is 1. The number of hydrogen-bond acceptors (Lipinski definition) is 5. The van der Waals surface area contributed by atoms with Crippen molar-refractivity contribution in [2.75, 3.05) is 27.2 Å². The topological polar surface area (TPSA) is 39.1 Å². The number of fused-ring (bicyclic) bond motifs is 2. The van der Waals surface area contributed by atoms with E-state index in [9.17, 15) is 4.79 Å². The highest BCUT2D eigenvalue weighted by Crippen LogP contribution is 2.41. The zero-order valence-electron chi connectivity index (χ0n) is 15.7. The van der Waals surface area contributed by atoms with E-state index >= 15 is 0 Å². The molecule has 0 spiro atoms. The molecule has 0 aromatic heterocycles. The van der Waals surface area contributed by atoms with Gasteiger partial charge in [0, 0.05) is 17.9 Å². The van der Waals surface area contributed by atoms with E-state index in [1.807, 2.05) is 55.5 Å². The van der Waals surface area contributed by atoms with Crippen LogP contribution in [0.15, 0.2) is 64.5 Å². The number of carbonyl (C=O) groups is 1. The zero-order chi connectivity index (χ0) is 18.8. The Kier molecular flexibility index (Phi) is 5.18. The molecule has 4 rings (SSSR count). The van der Waals surface area contributed by atoms with Crippen molar-refractivity contribution < 1.29 is 4.79 Å². The molecule has 27 heavy (non-hydrogen) atoms. The van der Waals surface area contributed by atoms with Crippen LogP contribution in [-0.4, -0.2) is 59.1 Å². The average molecular weight is 381 g/mol. The van der Waals surface area contributed by atoms with Gasteiger partial charge in [-0.25, -0.2) is 4.99 Å². The van der Waals surface area contributed by atoms with Gasteiger partial charge in [0.1, 0.15) is 5.84 Å². The van der Waals surface area contributed by atoms with Gasteiger partial charge in [-0.05, 0) is 31.8 Å². The molecule has 1 fully saturated rings. The van der Waals surface area contributed by atoms with Crippen LogP contribution in [0, 0.1) is 0 Å². The molecule has 0 radical (unpaired) electrons. The fraction of sp³-hybridized carbons (Fsp3) is 0.333. The van der Waals surface area contributed by atoms with Crippen LogP contribution in [0.3, 0.4) is 0 Å². The molecule has 2 aliphatic rings. The smallest absolute Gasteiger partial charge is 0.242 e. The second-order valence-corrected chi connectivity index (χ2v) is 8.36. The fourth-order valence-corrected chi connectivity index (χ4v) is 4.60. The predicted molar refractivity (Wildman–Crippen MR) is 110 cm³/mol. The summed E-state index contributed by atoms with van der Waals surface area (Å²) in [5.41, 5.74) is 2.17. The molecular formula is C21H24N4OS. The van der Waals surface area contributed by atoms with Gasteiger partial charge in [-0.2, -0.15) is 0 Å². The van der Waals surface area contributed by atoms with Crippen molar-refractivity contribution >= 4 is 29.2 Å². The third-order valence-corrected chi connectivity index (χ3v) is 6.06. The number of rotatable bonds is 5. The summed E-state index contributed by atoms with van der Waals surface area (Å²) < 4.78 is 0. The molecule has 0 saturated carbocycles. The van der Waals surface area contributed by atoms with Crippen molar-refractivity contribution in [3.05, 3.63) is 60.2 Å². The van der Waals surface area contributed by atoms with Gasteiger partial charge in [-0.3, -0.25) is 14.8 Å². The van der Waals surface area contributed by atoms with Crippen molar-refractivity contribution in [3.8, 4) is 0 Å². The number of hydrogen-bond donors (Lipinski definition) is 0. The van der Waals surface area contributed by atoms with Gasteiger partial charge in [0.05, 0.1) is 24.0 Å². The average Bonchev–Trinajstić information content (AvgIpc) is 2.67. The summed E-state index contributed by atoms with van der Waals surface area (Å²) in [5.74, 6) is 1.16. The Hall–Kier alpha value is -2.31. The second-order valence-electron chi connectivity index (χ2n) is 7.11.